The Bertz CT molecular complexity index is 743. The van der Waals surface area contributed by atoms with Gasteiger partial charge in [0, 0.05) is 6.42 Å². The molecule has 2 aliphatic heterocycles. The molecule has 2 amide bonds. The summed E-state index contributed by atoms with van der Waals surface area (Å²) >= 11 is 0. The minimum Gasteiger partial charge on any atom is -0.458 e. The number of nitrogens with zero attached hydrogens (tertiary/aromatic N) is 1. The molecule has 7 heteroatoms. The van der Waals surface area contributed by atoms with Gasteiger partial charge >= 0.3 is 12.1 Å². The third-order valence-electron chi connectivity index (χ3n) is 5.28. The third-order valence-corrected chi connectivity index (χ3v) is 5.28. The minimum absolute atomic E-state index is 0.0506. The van der Waals surface area contributed by atoms with Crippen LogP contribution in [0.2, 0.25) is 0 Å². The maximum atomic E-state index is 12.7. The largest absolute Gasteiger partial charge is 0.458 e. The molecule has 2 aliphatic rings. The second-order valence-corrected chi connectivity index (χ2v) is 8.70. The van der Waals surface area contributed by atoms with Gasteiger partial charge in [0.15, 0.2) is 0 Å². The zero-order valence-electron chi connectivity index (χ0n) is 17.3. The normalized spacial score (nSPS) is 24.4. The van der Waals surface area contributed by atoms with E-state index in [0.29, 0.717) is 32.1 Å². The van der Waals surface area contributed by atoms with Crippen molar-refractivity contribution < 1.29 is 23.9 Å². The fourth-order valence-electron chi connectivity index (χ4n) is 4.07. The Labute approximate surface area is 171 Å². The zero-order valence-corrected chi connectivity index (χ0v) is 17.3. The molecule has 1 aromatic rings. The molecular weight excluding hydrogens is 372 g/mol. The van der Waals surface area contributed by atoms with Gasteiger partial charge in [-0.3, -0.25) is 4.79 Å². The number of alkyl carbamates (subject to hydrolysis) is 1. The van der Waals surface area contributed by atoms with Crippen molar-refractivity contribution >= 4 is 18.0 Å². The molecule has 3 rings (SSSR count). The van der Waals surface area contributed by atoms with E-state index in [0.717, 1.165) is 5.56 Å². The summed E-state index contributed by atoms with van der Waals surface area (Å²) in [5.41, 5.74) is 0.300. The minimum atomic E-state index is -0.608. The smallest absolute Gasteiger partial charge is 0.407 e. The van der Waals surface area contributed by atoms with Crippen LogP contribution in [-0.4, -0.2) is 46.6 Å². The van der Waals surface area contributed by atoms with Crippen LogP contribution in [0.3, 0.4) is 0 Å². The molecule has 2 saturated heterocycles. The molecule has 0 aromatic heterocycles. The van der Waals surface area contributed by atoms with Crippen molar-refractivity contribution in [3.05, 3.63) is 35.9 Å². The van der Waals surface area contributed by atoms with E-state index in [-0.39, 0.29) is 30.6 Å². The number of nitrogens with one attached hydrogen (secondary N) is 1. The topological polar surface area (TPSA) is 84.9 Å². The molecule has 0 aliphatic carbocycles. The molecule has 2 fully saturated rings. The number of hydrogen-bond donors (Lipinski definition) is 1. The molecule has 29 heavy (non-hydrogen) atoms. The van der Waals surface area contributed by atoms with E-state index in [1.165, 1.54) is 0 Å². The Morgan fingerprint density at radius 2 is 1.86 bits per heavy atom. The van der Waals surface area contributed by atoms with Gasteiger partial charge in [0.1, 0.15) is 18.2 Å². The summed E-state index contributed by atoms with van der Waals surface area (Å²) in [4.78, 5) is 39.3. The standard InChI is InChI=1S/C22H30N2O5/c1-22(2,3)29-20(26)18-13-12-17-16(10-7-11-19(25)24(17)18)23-21(27)28-14-15-8-5-4-6-9-15/h4-6,8-9,16-18H,7,10-14H2,1-3H3,(H,23,27)/t16-,17-,18-/m0/s1. The molecule has 0 unspecified atom stereocenters. The maximum Gasteiger partial charge on any atom is 0.407 e. The summed E-state index contributed by atoms with van der Waals surface area (Å²) in [7, 11) is 0. The van der Waals surface area contributed by atoms with Gasteiger partial charge in [0.25, 0.3) is 0 Å². The predicted molar refractivity (Wildman–Crippen MR) is 107 cm³/mol. The van der Waals surface area contributed by atoms with E-state index in [9.17, 15) is 14.4 Å². The Kier molecular flexibility index (Phi) is 6.45. The number of esters is 1. The zero-order chi connectivity index (χ0) is 21.0. The lowest BCUT2D eigenvalue weighted by Crippen LogP contribution is -2.53. The fraction of sp³-hybridized carbons (Fsp3) is 0.591. The van der Waals surface area contributed by atoms with Crippen molar-refractivity contribution in [1.82, 2.24) is 10.2 Å². The first-order valence-corrected chi connectivity index (χ1v) is 10.3. The number of rotatable bonds is 4. The number of hydrogen-bond acceptors (Lipinski definition) is 5. The van der Waals surface area contributed by atoms with E-state index in [1.54, 1.807) is 4.90 Å². The van der Waals surface area contributed by atoms with Crippen LogP contribution in [0.4, 0.5) is 4.79 Å². The van der Waals surface area contributed by atoms with E-state index >= 15 is 0 Å². The molecule has 0 spiro atoms. The van der Waals surface area contributed by atoms with Crippen molar-refractivity contribution in [2.24, 2.45) is 0 Å². The average molecular weight is 402 g/mol. The quantitative estimate of drug-likeness (QED) is 0.782. The Morgan fingerprint density at radius 1 is 1.14 bits per heavy atom. The predicted octanol–water partition coefficient (Wildman–Crippen LogP) is 3.17. The summed E-state index contributed by atoms with van der Waals surface area (Å²) in [6.07, 6.45) is 2.40. The van der Waals surface area contributed by atoms with E-state index in [4.69, 9.17) is 9.47 Å². The van der Waals surface area contributed by atoms with Gasteiger partial charge in [0.05, 0.1) is 12.1 Å². The van der Waals surface area contributed by atoms with Crippen LogP contribution in [-0.2, 0) is 25.7 Å². The van der Waals surface area contributed by atoms with Gasteiger partial charge in [-0.25, -0.2) is 9.59 Å². The highest BCUT2D eigenvalue weighted by Crippen LogP contribution is 2.33. The van der Waals surface area contributed by atoms with Gasteiger partial charge in [0.2, 0.25) is 5.91 Å². The number of carbonyl (C=O) groups excluding carboxylic acids is 3. The first-order chi connectivity index (χ1) is 13.7. The fourth-order valence-corrected chi connectivity index (χ4v) is 4.07. The molecule has 1 aromatic carbocycles. The maximum absolute atomic E-state index is 12.7. The molecule has 7 nitrogen and oxygen atoms in total. The highest BCUT2D eigenvalue weighted by molar-refractivity contribution is 5.86. The lowest BCUT2D eigenvalue weighted by Gasteiger charge is -2.33. The van der Waals surface area contributed by atoms with E-state index in [2.05, 4.69) is 5.32 Å². The monoisotopic (exact) mass is 402 g/mol. The van der Waals surface area contributed by atoms with Gasteiger partial charge in [-0.1, -0.05) is 30.3 Å². The number of amides is 2. The molecule has 2 heterocycles. The van der Waals surface area contributed by atoms with Gasteiger partial charge in [-0.15, -0.1) is 0 Å². The van der Waals surface area contributed by atoms with Crippen molar-refractivity contribution in [2.45, 2.75) is 83.2 Å². The van der Waals surface area contributed by atoms with Crippen LogP contribution >= 0.6 is 0 Å². The number of ether oxygens (including phenoxy) is 2. The van der Waals surface area contributed by atoms with Crippen LogP contribution < -0.4 is 5.32 Å². The van der Waals surface area contributed by atoms with Crippen LogP contribution in [0.1, 0.15) is 58.4 Å². The summed E-state index contributed by atoms with van der Waals surface area (Å²) in [6, 6.07) is 8.42. The molecule has 3 atom stereocenters. The summed E-state index contributed by atoms with van der Waals surface area (Å²) in [6.45, 7) is 5.63. The van der Waals surface area contributed by atoms with E-state index in [1.807, 2.05) is 51.1 Å². The molecule has 0 bridgehead atoms. The first kappa shape index (κ1) is 21.1. The lowest BCUT2D eigenvalue weighted by molar-refractivity contribution is -0.164. The van der Waals surface area contributed by atoms with Gasteiger partial charge in [-0.05, 0) is 52.0 Å². The van der Waals surface area contributed by atoms with Crippen LogP contribution in [0.15, 0.2) is 30.3 Å². The summed E-state index contributed by atoms with van der Waals surface area (Å²) in [5, 5.41) is 2.92. The molecule has 1 N–H and O–H groups in total. The number of fused-ring (bicyclic) bond motifs is 1. The highest BCUT2D eigenvalue weighted by atomic mass is 16.6. The molecule has 0 radical (unpaired) electrons. The van der Waals surface area contributed by atoms with Crippen LogP contribution in [0.25, 0.3) is 0 Å². The Balaban J connectivity index is 1.64. The van der Waals surface area contributed by atoms with Gasteiger partial charge < -0.3 is 19.7 Å². The number of benzene rings is 1. The third kappa shape index (κ3) is 5.49. The lowest BCUT2D eigenvalue weighted by atomic mass is 10.0. The highest BCUT2D eigenvalue weighted by Gasteiger charge is 2.47. The summed E-state index contributed by atoms with van der Waals surface area (Å²) in [5.74, 6) is -0.425. The Hall–Kier alpha value is -2.57. The average Bonchev–Trinajstić information content (AvgIpc) is 3.04. The van der Waals surface area contributed by atoms with E-state index < -0.39 is 17.7 Å². The van der Waals surface area contributed by atoms with Crippen LogP contribution in [0.5, 0.6) is 0 Å². The number of carbonyl (C=O) groups is 3. The van der Waals surface area contributed by atoms with Crippen LogP contribution in [0, 0.1) is 0 Å². The van der Waals surface area contributed by atoms with Gasteiger partial charge in [-0.2, -0.15) is 0 Å². The first-order valence-electron chi connectivity index (χ1n) is 10.3. The van der Waals surface area contributed by atoms with Crippen molar-refractivity contribution in [2.75, 3.05) is 0 Å². The Morgan fingerprint density at radius 3 is 2.55 bits per heavy atom. The van der Waals surface area contributed by atoms with Crippen molar-refractivity contribution in [1.29, 1.82) is 0 Å². The van der Waals surface area contributed by atoms with Crippen molar-refractivity contribution in [3.63, 3.8) is 0 Å². The second-order valence-electron chi connectivity index (χ2n) is 8.70. The molecule has 158 valence electrons. The van der Waals surface area contributed by atoms with Crippen molar-refractivity contribution in [3.8, 4) is 0 Å². The SMILES string of the molecule is CC(C)(C)OC(=O)[C@@H]1CC[C@H]2[C@@H](NC(=O)OCc3ccccc3)CCCC(=O)N12. The molecule has 0 saturated carbocycles. The second kappa shape index (κ2) is 8.84. The molecular formula is C22H30N2O5. The summed E-state index contributed by atoms with van der Waals surface area (Å²) < 4.78 is 10.9.